The highest BCUT2D eigenvalue weighted by atomic mass is 16.5. The van der Waals surface area contributed by atoms with Gasteiger partial charge in [0.25, 0.3) is 0 Å². The molecular weight excluding hydrogens is 264 g/mol. The van der Waals surface area contributed by atoms with Crippen LogP contribution in [-0.4, -0.2) is 11.6 Å². The Hall–Kier alpha value is -2.11. The molecule has 2 heterocycles. The molecule has 2 atom stereocenters. The molecule has 0 radical (unpaired) electrons. The van der Waals surface area contributed by atoms with E-state index in [4.69, 9.17) is 16.3 Å². The van der Waals surface area contributed by atoms with Crippen LogP contribution in [0, 0.1) is 12.8 Å². The second kappa shape index (κ2) is 5.71. The van der Waals surface area contributed by atoms with Crippen LogP contribution in [-0.2, 0) is 6.42 Å². The molecule has 5 nitrogen and oxygen atoms in total. The number of hydrazine groups is 1. The predicted molar refractivity (Wildman–Crippen MR) is 82.6 cm³/mol. The fraction of sp³-hybridized carbons (Fsp3) is 0.312. The van der Waals surface area contributed by atoms with Crippen LogP contribution in [0.15, 0.2) is 36.5 Å². The number of hydrogen-bond acceptors (Lipinski definition) is 5. The van der Waals surface area contributed by atoms with Gasteiger partial charge in [0, 0.05) is 17.7 Å². The minimum absolute atomic E-state index is 0.0780. The summed E-state index contributed by atoms with van der Waals surface area (Å²) in [6, 6.07) is 10.1. The van der Waals surface area contributed by atoms with E-state index in [9.17, 15) is 0 Å². The third-order valence-electron chi connectivity index (χ3n) is 3.98. The summed E-state index contributed by atoms with van der Waals surface area (Å²) in [6.07, 6.45) is 2.66. The summed E-state index contributed by atoms with van der Waals surface area (Å²) in [4.78, 5) is 4.23. The molecule has 0 bridgehead atoms. The van der Waals surface area contributed by atoms with Gasteiger partial charge in [0.1, 0.15) is 11.6 Å². The lowest BCUT2D eigenvalue weighted by Crippen LogP contribution is -2.39. The van der Waals surface area contributed by atoms with Crippen molar-refractivity contribution in [2.75, 3.05) is 12.3 Å². The average molecular weight is 284 g/mol. The summed E-state index contributed by atoms with van der Waals surface area (Å²) < 4.78 is 5.85. The number of anilines is 1. The first-order valence-electron chi connectivity index (χ1n) is 7.08. The molecule has 5 N–H and O–H groups in total. The van der Waals surface area contributed by atoms with Gasteiger partial charge in [0.2, 0.25) is 0 Å². The highest BCUT2D eigenvalue weighted by Crippen LogP contribution is 2.34. The lowest BCUT2D eigenvalue weighted by Gasteiger charge is -2.32. The molecule has 1 aliphatic rings. The van der Waals surface area contributed by atoms with E-state index in [2.05, 4.69) is 16.5 Å². The van der Waals surface area contributed by atoms with E-state index < -0.39 is 0 Å². The molecule has 1 aromatic carbocycles. The molecule has 0 saturated heterocycles. The molecule has 0 spiro atoms. The number of nitrogens with one attached hydrogen (secondary N) is 1. The van der Waals surface area contributed by atoms with Crippen LogP contribution < -0.4 is 21.7 Å². The first-order chi connectivity index (χ1) is 10.2. The van der Waals surface area contributed by atoms with Crippen molar-refractivity contribution in [3.05, 3.63) is 53.2 Å². The molecule has 110 valence electrons. The normalized spacial score (nSPS) is 18.7. The molecular formula is C16H20N4O. The van der Waals surface area contributed by atoms with Gasteiger partial charge in [-0.3, -0.25) is 11.3 Å². The summed E-state index contributed by atoms with van der Waals surface area (Å²) in [5.41, 5.74) is 12.1. The van der Waals surface area contributed by atoms with Crippen molar-refractivity contribution in [3.63, 3.8) is 0 Å². The Bertz CT molecular complexity index is 644. The Kier molecular flexibility index (Phi) is 3.77. The van der Waals surface area contributed by atoms with Crippen molar-refractivity contribution in [1.29, 1.82) is 0 Å². The lowest BCUT2D eigenvalue weighted by molar-refractivity contribution is 0.185. The minimum Gasteiger partial charge on any atom is -0.493 e. The molecule has 2 aromatic rings. The maximum atomic E-state index is 6.02. The molecule has 0 saturated carbocycles. The number of fused-ring (bicyclic) bond motifs is 1. The molecule has 21 heavy (non-hydrogen) atoms. The van der Waals surface area contributed by atoms with Gasteiger partial charge in [-0.25, -0.2) is 4.98 Å². The van der Waals surface area contributed by atoms with Gasteiger partial charge in [0.05, 0.1) is 12.6 Å². The predicted octanol–water partition coefficient (Wildman–Crippen LogP) is 1.73. The molecule has 1 aliphatic heterocycles. The molecule has 0 fully saturated rings. The Morgan fingerprint density at radius 3 is 3.00 bits per heavy atom. The van der Waals surface area contributed by atoms with Crippen molar-refractivity contribution < 1.29 is 4.74 Å². The van der Waals surface area contributed by atoms with Crippen molar-refractivity contribution in [1.82, 2.24) is 10.4 Å². The summed E-state index contributed by atoms with van der Waals surface area (Å²) >= 11 is 0. The number of nitrogens with two attached hydrogens (primary N) is 2. The monoisotopic (exact) mass is 284 g/mol. The quantitative estimate of drug-likeness (QED) is 0.590. The molecule has 5 heteroatoms. The van der Waals surface area contributed by atoms with Crippen LogP contribution in [0.4, 0.5) is 5.82 Å². The smallest absolute Gasteiger partial charge is 0.128 e. The van der Waals surface area contributed by atoms with Gasteiger partial charge < -0.3 is 10.5 Å². The van der Waals surface area contributed by atoms with E-state index in [1.54, 1.807) is 6.20 Å². The molecule has 3 rings (SSSR count). The number of para-hydroxylation sites is 1. The number of hydrogen-bond donors (Lipinski definition) is 3. The van der Waals surface area contributed by atoms with Crippen molar-refractivity contribution in [2.24, 2.45) is 11.8 Å². The van der Waals surface area contributed by atoms with E-state index in [1.165, 1.54) is 5.56 Å². The Morgan fingerprint density at radius 2 is 2.19 bits per heavy atom. The second-order valence-electron chi connectivity index (χ2n) is 5.51. The SMILES string of the molecule is Cc1cnc(N)c(C(NN)C2COc3ccccc3C2)c1. The molecule has 1 aromatic heterocycles. The Balaban J connectivity index is 1.90. The van der Waals surface area contributed by atoms with E-state index >= 15 is 0 Å². The number of aryl methyl sites for hydroxylation is 1. The third kappa shape index (κ3) is 2.70. The number of ether oxygens (including phenoxy) is 1. The van der Waals surface area contributed by atoms with Crippen molar-refractivity contribution >= 4 is 5.82 Å². The van der Waals surface area contributed by atoms with Crippen LogP contribution in [0.3, 0.4) is 0 Å². The Morgan fingerprint density at radius 1 is 1.38 bits per heavy atom. The van der Waals surface area contributed by atoms with Crippen LogP contribution in [0.25, 0.3) is 0 Å². The fourth-order valence-corrected chi connectivity index (χ4v) is 2.90. The summed E-state index contributed by atoms with van der Waals surface area (Å²) in [6.45, 7) is 2.61. The number of nitrogen functional groups attached to an aromatic ring is 1. The molecule has 0 amide bonds. The maximum Gasteiger partial charge on any atom is 0.128 e. The highest BCUT2D eigenvalue weighted by molar-refractivity contribution is 5.44. The second-order valence-corrected chi connectivity index (χ2v) is 5.51. The zero-order valence-electron chi connectivity index (χ0n) is 12.0. The average Bonchev–Trinajstić information content (AvgIpc) is 2.51. The topological polar surface area (TPSA) is 86.2 Å². The number of nitrogens with zero attached hydrogens (tertiary/aromatic N) is 1. The van der Waals surface area contributed by atoms with E-state index in [1.807, 2.05) is 31.2 Å². The van der Waals surface area contributed by atoms with Crippen LogP contribution >= 0.6 is 0 Å². The molecule has 2 unspecified atom stereocenters. The van der Waals surface area contributed by atoms with Gasteiger partial charge in [-0.05, 0) is 36.6 Å². The largest absolute Gasteiger partial charge is 0.493 e. The van der Waals surface area contributed by atoms with Gasteiger partial charge in [-0.2, -0.15) is 0 Å². The minimum atomic E-state index is -0.0780. The Labute approximate surface area is 124 Å². The number of rotatable bonds is 3. The van der Waals surface area contributed by atoms with Crippen LogP contribution in [0.1, 0.15) is 22.7 Å². The zero-order chi connectivity index (χ0) is 14.8. The van der Waals surface area contributed by atoms with Gasteiger partial charge in [0.15, 0.2) is 0 Å². The van der Waals surface area contributed by atoms with Crippen molar-refractivity contribution in [3.8, 4) is 5.75 Å². The number of pyridine rings is 1. The summed E-state index contributed by atoms with van der Waals surface area (Å²) in [7, 11) is 0. The number of benzene rings is 1. The third-order valence-corrected chi connectivity index (χ3v) is 3.98. The van der Waals surface area contributed by atoms with Gasteiger partial charge in [-0.1, -0.05) is 18.2 Å². The standard InChI is InChI=1S/C16H20N4O/c1-10-6-13(16(17)19-8-10)15(20-18)12-7-11-4-2-3-5-14(11)21-9-12/h2-6,8,12,15,20H,7,9,18H2,1H3,(H2,17,19). The van der Waals surface area contributed by atoms with Gasteiger partial charge in [-0.15, -0.1) is 0 Å². The van der Waals surface area contributed by atoms with Crippen molar-refractivity contribution in [2.45, 2.75) is 19.4 Å². The first-order valence-corrected chi connectivity index (χ1v) is 7.08. The van der Waals surface area contributed by atoms with Crippen LogP contribution in [0.2, 0.25) is 0 Å². The maximum absolute atomic E-state index is 6.02. The summed E-state index contributed by atoms with van der Waals surface area (Å²) in [5.74, 6) is 7.48. The van der Waals surface area contributed by atoms with E-state index in [0.717, 1.165) is 23.3 Å². The number of aromatic nitrogens is 1. The van der Waals surface area contributed by atoms with Gasteiger partial charge >= 0.3 is 0 Å². The van der Waals surface area contributed by atoms with E-state index in [0.29, 0.717) is 12.4 Å². The lowest BCUT2D eigenvalue weighted by atomic mass is 9.86. The highest BCUT2D eigenvalue weighted by Gasteiger charge is 2.29. The fourth-order valence-electron chi connectivity index (χ4n) is 2.90. The van der Waals surface area contributed by atoms with E-state index in [-0.39, 0.29) is 12.0 Å². The summed E-state index contributed by atoms with van der Waals surface area (Å²) in [5, 5.41) is 0. The molecule has 0 aliphatic carbocycles. The van der Waals surface area contributed by atoms with Crippen LogP contribution in [0.5, 0.6) is 5.75 Å². The first kappa shape index (κ1) is 13.9. The zero-order valence-corrected chi connectivity index (χ0v) is 12.0.